The van der Waals surface area contributed by atoms with Gasteiger partial charge in [-0.1, -0.05) is 89.7 Å². The van der Waals surface area contributed by atoms with E-state index in [1.807, 2.05) is 0 Å². The Kier molecular flexibility index (Phi) is 19.9. The molecule has 1 amide bonds. The SMILES string of the molecule is CC[C@H]1C=CCC[C@@]2(C[C@@H]3CC[C@H]4[C@H](C(=O)OCCCCCCCCCCCCCCCC(=O)N(CCCN)C[C@@H](O)CCNCl)[C@]5(CCC[C@@H](C)O5)N=C(N2)N34)O1. The fourth-order valence-corrected chi connectivity index (χ4v) is 10.3. The third-order valence-electron chi connectivity index (χ3n) is 13.3. The first kappa shape index (κ1) is 47.1. The number of aliphatic imine (C=N–C) groups is 1. The predicted molar refractivity (Wildman–Crippen MR) is 231 cm³/mol. The number of nitrogens with zero attached hydrogens (tertiary/aromatic N) is 3. The van der Waals surface area contributed by atoms with Crippen LogP contribution in [0.15, 0.2) is 17.1 Å². The number of aliphatic hydroxyl groups excluding tert-OH is 1. The molecule has 0 aromatic carbocycles. The van der Waals surface area contributed by atoms with Crippen LogP contribution in [0.25, 0.3) is 0 Å². The number of hydrogen-bond acceptors (Lipinski definition) is 11. The number of esters is 1. The fourth-order valence-electron chi connectivity index (χ4n) is 10.2. The molecule has 58 heavy (non-hydrogen) atoms. The molecule has 2 spiro atoms. The zero-order valence-electron chi connectivity index (χ0n) is 36.1. The Hall–Kier alpha value is -1.96. The van der Waals surface area contributed by atoms with Gasteiger partial charge in [0.2, 0.25) is 5.91 Å². The van der Waals surface area contributed by atoms with Gasteiger partial charge in [0.05, 0.1) is 31.0 Å². The van der Waals surface area contributed by atoms with E-state index >= 15 is 0 Å². The normalized spacial score (nSPS) is 29.5. The highest BCUT2D eigenvalue weighted by Crippen LogP contribution is 2.50. The van der Waals surface area contributed by atoms with Gasteiger partial charge >= 0.3 is 5.97 Å². The summed E-state index contributed by atoms with van der Waals surface area (Å²) in [7, 11) is 0. The van der Waals surface area contributed by atoms with Crippen molar-refractivity contribution in [3.63, 3.8) is 0 Å². The third kappa shape index (κ3) is 13.5. The molecule has 5 rings (SSSR count). The van der Waals surface area contributed by atoms with Crippen molar-refractivity contribution in [2.24, 2.45) is 16.6 Å². The molecule has 0 aliphatic carbocycles. The summed E-state index contributed by atoms with van der Waals surface area (Å²) in [6.07, 6.45) is 29.3. The number of nitrogens with two attached hydrogens (primary N) is 1. The van der Waals surface area contributed by atoms with Gasteiger partial charge in [-0.3, -0.25) is 9.59 Å². The van der Waals surface area contributed by atoms with E-state index in [-0.39, 0.29) is 30.1 Å². The van der Waals surface area contributed by atoms with Crippen LogP contribution >= 0.6 is 11.8 Å². The van der Waals surface area contributed by atoms with Crippen molar-refractivity contribution in [2.45, 2.75) is 216 Å². The van der Waals surface area contributed by atoms with Crippen molar-refractivity contribution in [1.82, 2.24) is 20.0 Å². The molecule has 0 saturated carbocycles. The first-order valence-corrected chi connectivity index (χ1v) is 24.0. The molecule has 5 aliphatic rings. The van der Waals surface area contributed by atoms with E-state index in [4.69, 9.17) is 36.7 Å². The maximum atomic E-state index is 14.1. The number of guanidine groups is 1. The number of amides is 1. The molecule has 12 nitrogen and oxygen atoms in total. The monoisotopic (exact) mass is 835 g/mol. The van der Waals surface area contributed by atoms with Crippen LogP contribution in [0.2, 0.25) is 0 Å². The summed E-state index contributed by atoms with van der Waals surface area (Å²) in [5.41, 5.74) is 4.33. The van der Waals surface area contributed by atoms with Gasteiger partial charge in [-0.05, 0) is 102 Å². The second-order valence-electron chi connectivity index (χ2n) is 18.0. The summed E-state index contributed by atoms with van der Waals surface area (Å²) in [6.45, 7) is 6.73. The van der Waals surface area contributed by atoms with Crippen LogP contribution in [0.3, 0.4) is 0 Å². The molecular weight excluding hydrogens is 756 g/mol. The standard InChI is InChI=1S/C45H79ClN6O6/c1-3-38-22-16-17-27-44(58-38)33-36-24-25-39-41(45(28-19-21-35(2)57-45)50-43(49-44)52(36)39)42(55)56-32-18-14-12-10-8-6-4-5-7-9-11-13-15-23-40(54)51(31-20-29-47)34-37(53)26-30-48-46/h16,22,35-39,41,48,53H,3-15,17-21,23-34,47H2,1-2H3,(H,49,50)/t35-,36+,37+,38+,39+,41-,44+,45-/m1/s1. The minimum absolute atomic E-state index is 0.0291. The molecule has 0 radical (unpaired) electrons. The van der Waals surface area contributed by atoms with E-state index in [0.717, 1.165) is 102 Å². The van der Waals surface area contributed by atoms with Crippen LogP contribution in [0.5, 0.6) is 0 Å². The summed E-state index contributed by atoms with van der Waals surface area (Å²) in [6, 6.07) is 0.325. The van der Waals surface area contributed by atoms with E-state index in [0.29, 0.717) is 51.7 Å². The number of unbranched alkanes of at least 4 members (excludes halogenated alkanes) is 12. The second-order valence-corrected chi connectivity index (χ2v) is 18.2. The Balaban J connectivity index is 0.936. The van der Waals surface area contributed by atoms with Crippen molar-refractivity contribution >= 4 is 29.6 Å². The lowest BCUT2D eigenvalue weighted by Crippen LogP contribution is -2.71. The van der Waals surface area contributed by atoms with Crippen molar-refractivity contribution in [1.29, 1.82) is 0 Å². The second kappa shape index (κ2) is 24.5. The third-order valence-corrected chi connectivity index (χ3v) is 13.5. The molecule has 5 aliphatic heterocycles. The quantitative estimate of drug-likeness (QED) is 0.0297. The summed E-state index contributed by atoms with van der Waals surface area (Å²) in [5.74, 6) is 0.428. The minimum atomic E-state index is -0.888. The number of rotatable bonds is 26. The lowest BCUT2D eigenvalue weighted by atomic mass is 9.80. The summed E-state index contributed by atoms with van der Waals surface area (Å²) >= 11 is 5.51. The van der Waals surface area contributed by atoms with Gasteiger partial charge in [0.15, 0.2) is 11.7 Å². The van der Waals surface area contributed by atoms with E-state index in [9.17, 15) is 14.7 Å². The first-order chi connectivity index (χ1) is 28.2. The van der Waals surface area contributed by atoms with Gasteiger partial charge in [-0.2, -0.15) is 0 Å². The van der Waals surface area contributed by atoms with Crippen molar-refractivity contribution in [3.05, 3.63) is 12.2 Å². The molecule has 0 aromatic heterocycles. The first-order valence-electron chi connectivity index (χ1n) is 23.6. The van der Waals surface area contributed by atoms with E-state index in [2.05, 4.69) is 41.1 Å². The van der Waals surface area contributed by atoms with Crippen molar-refractivity contribution in [2.75, 3.05) is 32.8 Å². The number of hydrogen-bond donors (Lipinski definition) is 4. The topological polar surface area (TPSA) is 151 Å². The number of aliphatic hydroxyl groups is 1. The van der Waals surface area contributed by atoms with Gasteiger partial charge in [0.1, 0.15) is 11.6 Å². The highest BCUT2D eigenvalue weighted by atomic mass is 35.5. The number of nitrogens with one attached hydrogen (secondary N) is 2. The van der Waals surface area contributed by atoms with Crippen molar-refractivity contribution < 1.29 is 28.9 Å². The lowest BCUT2D eigenvalue weighted by Gasteiger charge is -2.55. The van der Waals surface area contributed by atoms with Crippen LogP contribution in [0.4, 0.5) is 0 Å². The smallest absolute Gasteiger partial charge is 0.316 e. The minimum Gasteiger partial charge on any atom is -0.465 e. The predicted octanol–water partition coefficient (Wildman–Crippen LogP) is 7.60. The maximum Gasteiger partial charge on any atom is 0.316 e. The Bertz CT molecular complexity index is 1310. The Morgan fingerprint density at radius 2 is 1.74 bits per heavy atom. The molecule has 3 saturated heterocycles. The van der Waals surface area contributed by atoms with Crippen LogP contribution in [0, 0.1) is 5.92 Å². The number of halogens is 1. The molecule has 332 valence electrons. The number of carbonyl (C=O) groups excluding carboxylic acids is 2. The zero-order valence-corrected chi connectivity index (χ0v) is 36.9. The molecule has 0 unspecified atom stereocenters. The molecule has 0 bridgehead atoms. The molecule has 13 heteroatoms. The lowest BCUT2D eigenvalue weighted by molar-refractivity contribution is -0.194. The van der Waals surface area contributed by atoms with E-state index in [1.54, 1.807) is 4.90 Å². The van der Waals surface area contributed by atoms with Crippen molar-refractivity contribution in [3.8, 4) is 0 Å². The molecule has 5 heterocycles. The molecule has 0 aromatic rings. The van der Waals surface area contributed by atoms with Gasteiger partial charge in [-0.15, -0.1) is 0 Å². The van der Waals surface area contributed by atoms with Gasteiger partial charge in [0, 0.05) is 38.5 Å². The molecular formula is C45H79ClN6O6. The molecule has 3 fully saturated rings. The molecule has 8 atom stereocenters. The van der Waals surface area contributed by atoms with Crippen LogP contribution in [0.1, 0.15) is 174 Å². The number of carbonyl (C=O) groups is 2. The summed E-state index contributed by atoms with van der Waals surface area (Å²) < 4.78 is 19.6. The van der Waals surface area contributed by atoms with Crippen LogP contribution in [-0.2, 0) is 23.8 Å². The van der Waals surface area contributed by atoms with Crippen LogP contribution < -0.4 is 15.9 Å². The maximum absolute atomic E-state index is 14.1. The highest BCUT2D eigenvalue weighted by molar-refractivity contribution is 6.13. The van der Waals surface area contributed by atoms with E-state index < -0.39 is 23.5 Å². The average molecular weight is 836 g/mol. The highest BCUT2D eigenvalue weighted by Gasteiger charge is 2.62. The Morgan fingerprint density at radius 1 is 1.03 bits per heavy atom. The van der Waals surface area contributed by atoms with Gasteiger partial charge in [-0.25, -0.2) is 9.83 Å². The largest absolute Gasteiger partial charge is 0.465 e. The molecule has 5 N–H and O–H groups in total. The van der Waals surface area contributed by atoms with Gasteiger partial charge in [0.25, 0.3) is 0 Å². The Morgan fingerprint density at radius 3 is 2.41 bits per heavy atom. The van der Waals surface area contributed by atoms with Gasteiger partial charge < -0.3 is 40.2 Å². The fraction of sp³-hybridized carbons (Fsp3) is 0.889. The summed E-state index contributed by atoms with van der Waals surface area (Å²) in [5, 5.41) is 14.0. The average Bonchev–Trinajstić information content (AvgIpc) is 3.51. The zero-order chi connectivity index (χ0) is 41.2. The van der Waals surface area contributed by atoms with E-state index in [1.165, 1.54) is 51.4 Å². The summed E-state index contributed by atoms with van der Waals surface area (Å²) in [4.78, 5) is 38.9. The number of allylic oxidation sites excluding steroid dienone is 1. The Labute approximate surface area is 355 Å². The number of ether oxygens (including phenoxy) is 3. The van der Waals surface area contributed by atoms with Crippen LogP contribution in [-0.4, -0.2) is 107 Å².